The van der Waals surface area contributed by atoms with Gasteiger partial charge in [0.2, 0.25) is 0 Å². The number of rotatable bonds is 6. The molecule has 1 unspecified atom stereocenters. The van der Waals surface area contributed by atoms with Crippen molar-refractivity contribution in [2.24, 2.45) is 17.8 Å². The molecule has 4 nitrogen and oxygen atoms in total. The molecule has 1 atom stereocenters. The topological polar surface area (TPSA) is 63.6 Å². The molecule has 6 rings (SSSR count). The van der Waals surface area contributed by atoms with Crippen molar-refractivity contribution < 1.29 is 18.8 Å². The van der Waals surface area contributed by atoms with Crippen LogP contribution in [0, 0.1) is 17.8 Å². The van der Waals surface area contributed by atoms with Gasteiger partial charge >= 0.3 is 5.97 Å². The average molecular weight is 425 g/mol. The van der Waals surface area contributed by atoms with E-state index in [4.69, 9.17) is 4.74 Å². The molecular formula is C25H28O4S. The third-order valence-electron chi connectivity index (χ3n) is 7.58. The molecule has 2 aromatic carbocycles. The van der Waals surface area contributed by atoms with Gasteiger partial charge in [-0.2, -0.15) is 0 Å². The van der Waals surface area contributed by atoms with E-state index in [0.29, 0.717) is 5.56 Å². The molecule has 0 spiro atoms. The maximum absolute atomic E-state index is 13.2. The molecular weight excluding hydrogens is 396 g/mol. The van der Waals surface area contributed by atoms with Crippen molar-refractivity contribution in [1.82, 2.24) is 0 Å². The van der Waals surface area contributed by atoms with Gasteiger partial charge in [0.15, 0.2) is 0 Å². The first-order valence-corrected chi connectivity index (χ1v) is 12.2. The summed E-state index contributed by atoms with van der Waals surface area (Å²) in [6.45, 7) is 0. The first-order valence-electron chi connectivity index (χ1n) is 10.9. The number of carbonyl (C=O) groups is 1. The summed E-state index contributed by atoms with van der Waals surface area (Å²) < 4.78 is 19.0. The smallest absolute Gasteiger partial charge is 0.335 e. The second-order valence-electron chi connectivity index (χ2n) is 9.51. The lowest BCUT2D eigenvalue weighted by atomic mass is 9.48. The largest absolute Gasteiger partial charge is 0.496 e. The highest BCUT2D eigenvalue weighted by Gasteiger charge is 2.52. The Bertz CT molecular complexity index is 977. The fourth-order valence-corrected chi connectivity index (χ4v) is 7.93. The van der Waals surface area contributed by atoms with Gasteiger partial charge in [-0.15, -0.1) is 0 Å². The number of carboxylic acids is 1. The van der Waals surface area contributed by atoms with Crippen molar-refractivity contribution in [2.75, 3.05) is 7.11 Å². The normalized spacial score (nSPS) is 30.2. The van der Waals surface area contributed by atoms with Crippen molar-refractivity contribution >= 4 is 16.8 Å². The van der Waals surface area contributed by atoms with E-state index in [-0.39, 0.29) is 16.7 Å². The molecule has 0 aromatic heterocycles. The van der Waals surface area contributed by atoms with E-state index in [0.717, 1.165) is 28.4 Å². The molecule has 158 valence electrons. The van der Waals surface area contributed by atoms with E-state index in [2.05, 4.69) is 6.07 Å². The zero-order valence-electron chi connectivity index (χ0n) is 17.3. The van der Waals surface area contributed by atoms with Crippen LogP contribution in [0.4, 0.5) is 0 Å². The van der Waals surface area contributed by atoms with Crippen molar-refractivity contribution in [3.05, 3.63) is 59.2 Å². The fourth-order valence-electron chi connectivity index (χ4n) is 6.76. The lowest BCUT2D eigenvalue weighted by molar-refractivity contribution is -0.00625. The van der Waals surface area contributed by atoms with Crippen LogP contribution in [0.2, 0.25) is 0 Å². The number of carboxylic acid groups (broad SMARTS) is 1. The third kappa shape index (κ3) is 3.37. The van der Waals surface area contributed by atoms with Gasteiger partial charge < -0.3 is 9.84 Å². The fraction of sp³-hybridized carbons (Fsp3) is 0.480. The van der Waals surface area contributed by atoms with E-state index >= 15 is 0 Å². The Morgan fingerprint density at radius 1 is 1.07 bits per heavy atom. The standard InChI is InChI=1S/C25H28O4S/c1-29-23-7-6-20(30(28)15-19-4-2-3-5-21(19)24(26)27)11-22(23)25-12-16-8-17(13-25)10-18(9-16)14-25/h2-7,11,16-18H,8-10,12-15H2,1H3,(H,26,27). The summed E-state index contributed by atoms with van der Waals surface area (Å²) in [7, 11) is 0.408. The van der Waals surface area contributed by atoms with Gasteiger partial charge in [0.1, 0.15) is 5.75 Å². The molecule has 4 fully saturated rings. The van der Waals surface area contributed by atoms with Crippen molar-refractivity contribution in [3.8, 4) is 5.75 Å². The summed E-state index contributed by atoms with van der Waals surface area (Å²) in [6.07, 6.45) is 7.77. The summed E-state index contributed by atoms with van der Waals surface area (Å²) in [4.78, 5) is 12.3. The summed E-state index contributed by atoms with van der Waals surface area (Å²) in [5.74, 6) is 2.58. The van der Waals surface area contributed by atoms with E-state index in [9.17, 15) is 14.1 Å². The molecule has 2 aromatic rings. The Kier molecular flexibility index (Phi) is 4.97. The van der Waals surface area contributed by atoms with Crippen LogP contribution in [-0.4, -0.2) is 22.4 Å². The first kappa shape index (κ1) is 19.8. The van der Waals surface area contributed by atoms with E-state index in [1.165, 1.54) is 44.1 Å². The lowest BCUT2D eigenvalue weighted by Crippen LogP contribution is -2.48. The van der Waals surface area contributed by atoms with Gasteiger partial charge in [0, 0.05) is 10.5 Å². The zero-order valence-corrected chi connectivity index (χ0v) is 18.1. The first-order chi connectivity index (χ1) is 14.5. The minimum absolute atomic E-state index is 0.152. The van der Waals surface area contributed by atoms with Crippen molar-refractivity contribution in [1.29, 1.82) is 0 Å². The molecule has 0 saturated heterocycles. The second-order valence-corrected chi connectivity index (χ2v) is 11.0. The number of hydrogen-bond donors (Lipinski definition) is 1. The Balaban J connectivity index is 1.48. The predicted octanol–water partition coefficient (Wildman–Crippen LogP) is 5.17. The summed E-state index contributed by atoms with van der Waals surface area (Å²) >= 11 is 0. The zero-order chi connectivity index (χ0) is 20.9. The van der Waals surface area contributed by atoms with Gasteiger partial charge in [0.05, 0.1) is 29.2 Å². The quantitative estimate of drug-likeness (QED) is 0.695. The summed E-state index contributed by atoms with van der Waals surface area (Å²) in [5.41, 5.74) is 2.21. The van der Waals surface area contributed by atoms with Crippen molar-refractivity contribution in [3.63, 3.8) is 0 Å². The van der Waals surface area contributed by atoms with Gasteiger partial charge in [-0.25, -0.2) is 4.79 Å². The molecule has 30 heavy (non-hydrogen) atoms. The van der Waals surface area contributed by atoms with Gasteiger partial charge in [-0.05, 0) is 91.5 Å². The van der Waals surface area contributed by atoms with Crippen LogP contribution in [0.3, 0.4) is 0 Å². The Hall–Kier alpha value is -2.14. The number of ether oxygens (including phenoxy) is 1. The van der Waals surface area contributed by atoms with Crippen LogP contribution in [0.5, 0.6) is 5.75 Å². The molecule has 0 amide bonds. The third-order valence-corrected chi connectivity index (χ3v) is 8.93. The Labute approximate surface area is 180 Å². The van der Waals surface area contributed by atoms with Crippen LogP contribution in [0.1, 0.15) is 60.0 Å². The summed E-state index contributed by atoms with van der Waals surface area (Å²) in [5, 5.41) is 9.44. The molecule has 5 heteroatoms. The average Bonchev–Trinajstić information content (AvgIpc) is 2.72. The van der Waals surface area contributed by atoms with Crippen LogP contribution < -0.4 is 4.74 Å². The Morgan fingerprint density at radius 2 is 1.70 bits per heavy atom. The number of aromatic carboxylic acids is 1. The lowest BCUT2D eigenvalue weighted by Gasteiger charge is -2.57. The molecule has 0 radical (unpaired) electrons. The highest BCUT2D eigenvalue weighted by atomic mass is 32.2. The number of hydrogen-bond acceptors (Lipinski definition) is 3. The molecule has 4 bridgehead atoms. The SMILES string of the molecule is COc1ccc(S(=O)Cc2ccccc2C(=O)O)cc1C12CC3CC(CC(C3)C1)C2. The minimum atomic E-state index is -1.31. The van der Waals surface area contributed by atoms with E-state index in [1.54, 1.807) is 31.4 Å². The highest BCUT2D eigenvalue weighted by molar-refractivity contribution is 7.84. The summed E-state index contributed by atoms with van der Waals surface area (Å²) in [6, 6.07) is 12.8. The monoisotopic (exact) mass is 424 g/mol. The minimum Gasteiger partial charge on any atom is -0.496 e. The molecule has 0 heterocycles. The number of methoxy groups -OCH3 is 1. The maximum Gasteiger partial charge on any atom is 0.335 e. The molecule has 4 aliphatic rings. The van der Waals surface area contributed by atoms with Crippen molar-refractivity contribution in [2.45, 2.75) is 54.6 Å². The van der Waals surface area contributed by atoms with Crippen LogP contribution in [0.15, 0.2) is 47.4 Å². The van der Waals surface area contributed by atoms with Gasteiger partial charge in [-0.3, -0.25) is 4.21 Å². The molecule has 4 saturated carbocycles. The Morgan fingerprint density at radius 3 is 2.30 bits per heavy atom. The van der Waals surface area contributed by atoms with Crippen LogP contribution >= 0.6 is 0 Å². The van der Waals surface area contributed by atoms with E-state index < -0.39 is 16.8 Å². The number of benzene rings is 2. The molecule has 0 aliphatic heterocycles. The van der Waals surface area contributed by atoms with Crippen LogP contribution in [-0.2, 0) is 22.0 Å². The second kappa shape index (κ2) is 7.52. The highest BCUT2D eigenvalue weighted by Crippen LogP contribution is 2.62. The van der Waals surface area contributed by atoms with Crippen LogP contribution in [0.25, 0.3) is 0 Å². The van der Waals surface area contributed by atoms with Gasteiger partial charge in [0.25, 0.3) is 0 Å². The molecule has 1 N–H and O–H groups in total. The molecule has 4 aliphatic carbocycles. The van der Waals surface area contributed by atoms with Gasteiger partial charge in [-0.1, -0.05) is 18.2 Å². The van der Waals surface area contributed by atoms with E-state index in [1.807, 2.05) is 12.1 Å². The predicted molar refractivity (Wildman–Crippen MR) is 116 cm³/mol. The maximum atomic E-state index is 13.2.